The molecule has 0 unspecified atom stereocenters. The number of sulfone groups is 1. The van der Waals surface area contributed by atoms with Crippen LogP contribution in [-0.2, 0) is 14.6 Å². The highest BCUT2D eigenvalue weighted by atomic mass is 32.2. The molecule has 0 bridgehead atoms. The molecule has 0 heterocycles. The molecule has 120 valence electrons. The van der Waals surface area contributed by atoms with Crippen LogP contribution in [0.2, 0.25) is 0 Å². The van der Waals surface area contributed by atoms with E-state index in [1.807, 2.05) is 0 Å². The predicted octanol–water partition coefficient (Wildman–Crippen LogP) is 1.28. The van der Waals surface area contributed by atoms with Gasteiger partial charge >= 0.3 is 5.51 Å². The Morgan fingerprint density at radius 1 is 1.32 bits per heavy atom. The number of anilines is 1. The molecule has 0 saturated carbocycles. The average molecular weight is 338 g/mol. The largest absolute Gasteiger partial charge is 0.501 e. The van der Waals surface area contributed by atoms with Crippen LogP contribution in [0.3, 0.4) is 0 Å². The van der Waals surface area contributed by atoms with E-state index in [-0.39, 0.29) is 12.6 Å². The molecule has 22 heavy (non-hydrogen) atoms. The summed E-state index contributed by atoms with van der Waals surface area (Å²) in [5, 5.41) is 4.42. The first-order valence-corrected chi connectivity index (χ1v) is 7.13. The van der Waals surface area contributed by atoms with Gasteiger partial charge in [-0.1, -0.05) is 5.92 Å². The molecule has 1 aromatic carbocycles. The standard InChI is InChI=1S/C12H10F4N2O3S/c1-2-5-17-11(19)7-18-9-4-3-8(13)6-10(9)22(20,21)12(14,15)16/h1,3-4,6,18H,5,7H2,(H,17,19). The molecule has 1 rings (SSSR count). The number of amides is 1. The Morgan fingerprint density at radius 2 is 1.95 bits per heavy atom. The van der Waals surface area contributed by atoms with Crippen molar-refractivity contribution in [2.24, 2.45) is 0 Å². The van der Waals surface area contributed by atoms with E-state index in [0.29, 0.717) is 0 Å². The molecule has 0 aliphatic rings. The third kappa shape index (κ3) is 4.11. The fourth-order valence-corrected chi connectivity index (χ4v) is 2.32. The number of hydrogen-bond donors (Lipinski definition) is 2. The second-order valence-electron chi connectivity index (χ2n) is 3.92. The fourth-order valence-electron chi connectivity index (χ4n) is 1.38. The Labute approximate surface area is 123 Å². The Kier molecular flexibility index (Phi) is 5.38. The molecule has 2 N–H and O–H groups in total. The summed E-state index contributed by atoms with van der Waals surface area (Å²) in [6.07, 6.45) is 4.90. The first-order chi connectivity index (χ1) is 10.1. The SMILES string of the molecule is C#CCNC(=O)CNc1ccc(F)cc1S(=O)(=O)C(F)(F)F. The van der Waals surface area contributed by atoms with Crippen LogP contribution in [-0.4, -0.2) is 32.9 Å². The Hall–Kier alpha value is -2.28. The van der Waals surface area contributed by atoms with E-state index >= 15 is 0 Å². The van der Waals surface area contributed by atoms with Crippen molar-refractivity contribution in [1.29, 1.82) is 0 Å². The molecule has 0 spiro atoms. The smallest absolute Gasteiger partial charge is 0.375 e. The predicted molar refractivity (Wildman–Crippen MR) is 70.0 cm³/mol. The van der Waals surface area contributed by atoms with Gasteiger partial charge in [-0.3, -0.25) is 4.79 Å². The fraction of sp³-hybridized carbons (Fsp3) is 0.250. The van der Waals surface area contributed by atoms with Crippen LogP contribution in [0.25, 0.3) is 0 Å². The lowest BCUT2D eigenvalue weighted by molar-refractivity contribution is -0.119. The van der Waals surface area contributed by atoms with Crippen LogP contribution in [0.15, 0.2) is 23.1 Å². The molecule has 0 atom stereocenters. The highest BCUT2D eigenvalue weighted by molar-refractivity contribution is 7.92. The van der Waals surface area contributed by atoms with Crippen molar-refractivity contribution in [3.05, 3.63) is 24.0 Å². The number of rotatable bonds is 5. The van der Waals surface area contributed by atoms with E-state index in [2.05, 4.69) is 16.6 Å². The zero-order chi connectivity index (χ0) is 17.0. The summed E-state index contributed by atoms with van der Waals surface area (Å²) in [4.78, 5) is 9.98. The van der Waals surface area contributed by atoms with Crippen molar-refractivity contribution in [2.45, 2.75) is 10.4 Å². The molecule has 0 radical (unpaired) electrons. The van der Waals surface area contributed by atoms with Gasteiger partial charge in [0.1, 0.15) is 10.7 Å². The summed E-state index contributed by atoms with van der Waals surface area (Å²) in [5.74, 6) is 0.275. The summed E-state index contributed by atoms with van der Waals surface area (Å²) in [5.41, 5.74) is -6.14. The number of hydrogen-bond acceptors (Lipinski definition) is 4. The molecule has 0 aliphatic heterocycles. The summed E-state index contributed by atoms with van der Waals surface area (Å²) in [7, 11) is -5.76. The van der Waals surface area contributed by atoms with Crippen LogP contribution in [0, 0.1) is 18.2 Å². The lowest BCUT2D eigenvalue weighted by Crippen LogP contribution is -2.31. The van der Waals surface area contributed by atoms with Crippen molar-refractivity contribution < 1.29 is 30.8 Å². The van der Waals surface area contributed by atoms with Gasteiger partial charge in [0.2, 0.25) is 5.91 Å². The number of alkyl halides is 3. The van der Waals surface area contributed by atoms with Crippen LogP contribution in [0.1, 0.15) is 0 Å². The van der Waals surface area contributed by atoms with Crippen LogP contribution >= 0.6 is 0 Å². The lowest BCUT2D eigenvalue weighted by atomic mass is 10.3. The van der Waals surface area contributed by atoms with E-state index in [1.165, 1.54) is 0 Å². The monoisotopic (exact) mass is 338 g/mol. The molecular formula is C12H10F4N2O3S. The first-order valence-electron chi connectivity index (χ1n) is 5.64. The lowest BCUT2D eigenvalue weighted by Gasteiger charge is -2.14. The summed E-state index contributed by atoms with van der Waals surface area (Å²) in [6, 6.07) is 1.78. The second-order valence-corrected chi connectivity index (χ2v) is 5.83. The zero-order valence-electron chi connectivity index (χ0n) is 10.9. The van der Waals surface area contributed by atoms with Crippen molar-refractivity contribution >= 4 is 21.4 Å². The van der Waals surface area contributed by atoms with Crippen LogP contribution in [0.4, 0.5) is 23.2 Å². The molecule has 1 aromatic rings. The quantitative estimate of drug-likeness (QED) is 0.626. The third-order valence-electron chi connectivity index (χ3n) is 2.36. The molecule has 0 aromatic heterocycles. The maximum Gasteiger partial charge on any atom is 0.501 e. The van der Waals surface area contributed by atoms with Gasteiger partial charge in [0.25, 0.3) is 9.84 Å². The van der Waals surface area contributed by atoms with Crippen molar-refractivity contribution in [2.75, 3.05) is 18.4 Å². The average Bonchev–Trinajstić information content (AvgIpc) is 2.42. The maximum atomic E-state index is 13.1. The number of carbonyl (C=O) groups is 1. The summed E-state index contributed by atoms with van der Waals surface area (Å²) >= 11 is 0. The molecular weight excluding hydrogens is 328 g/mol. The van der Waals surface area contributed by atoms with E-state index in [4.69, 9.17) is 6.42 Å². The van der Waals surface area contributed by atoms with E-state index in [9.17, 15) is 30.8 Å². The van der Waals surface area contributed by atoms with Crippen molar-refractivity contribution in [3.63, 3.8) is 0 Å². The minimum Gasteiger partial charge on any atom is -0.375 e. The van der Waals surface area contributed by atoms with Gasteiger partial charge in [-0.25, -0.2) is 12.8 Å². The second kappa shape index (κ2) is 6.65. The van der Waals surface area contributed by atoms with Gasteiger partial charge < -0.3 is 10.6 Å². The Morgan fingerprint density at radius 3 is 2.50 bits per heavy atom. The van der Waals surface area contributed by atoms with E-state index < -0.39 is 44.2 Å². The van der Waals surface area contributed by atoms with E-state index in [1.54, 1.807) is 0 Å². The maximum absolute atomic E-state index is 13.1. The minimum atomic E-state index is -5.76. The zero-order valence-corrected chi connectivity index (χ0v) is 11.7. The number of carbonyl (C=O) groups excluding carboxylic acids is 1. The number of halogens is 4. The minimum absolute atomic E-state index is 0.0996. The molecule has 5 nitrogen and oxygen atoms in total. The Bertz CT molecular complexity index is 708. The summed E-state index contributed by atoms with van der Waals surface area (Å²) < 4.78 is 73.5. The third-order valence-corrected chi connectivity index (χ3v) is 3.89. The highest BCUT2D eigenvalue weighted by Crippen LogP contribution is 2.34. The highest BCUT2D eigenvalue weighted by Gasteiger charge is 2.48. The number of terminal acetylenes is 1. The normalized spacial score (nSPS) is 11.6. The van der Waals surface area contributed by atoms with Crippen LogP contribution in [0.5, 0.6) is 0 Å². The first kappa shape index (κ1) is 17.8. The van der Waals surface area contributed by atoms with Gasteiger partial charge in [-0.15, -0.1) is 6.42 Å². The van der Waals surface area contributed by atoms with Gasteiger partial charge in [0.15, 0.2) is 0 Å². The molecule has 0 aliphatic carbocycles. The van der Waals surface area contributed by atoms with Gasteiger partial charge in [0, 0.05) is 0 Å². The number of benzene rings is 1. The summed E-state index contributed by atoms with van der Waals surface area (Å²) in [6.45, 7) is -0.634. The molecule has 0 fully saturated rings. The van der Waals surface area contributed by atoms with Gasteiger partial charge in [-0.05, 0) is 18.2 Å². The van der Waals surface area contributed by atoms with Crippen LogP contribution < -0.4 is 10.6 Å². The van der Waals surface area contributed by atoms with Crippen molar-refractivity contribution in [1.82, 2.24) is 5.32 Å². The van der Waals surface area contributed by atoms with Crippen molar-refractivity contribution in [3.8, 4) is 12.3 Å². The van der Waals surface area contributed by atoms with E-state index in [0.717, 1.165) is 12.1 Å². The van der Waals surface area contributed by atoms with Gasteiger partial charge in [-0.2, -0.15) is 13.2 Å². The number of nitrogens with one attached hydrogen (secondary N) is 2. The topological polar surface area (TPSA) is 75.3 Å². The molecule has 1 amide bonds. The molecule has 0 saturated heterocycles. The molecule has 10 heteroatoms. The van der Waals surface area contributed by atoms with Gasteiger partial charge in [0.05, 0.1) is 18.8 Å². The Balaban J connectivity index is 3.08.